The zero-order chi connectivity index (χ0) is 27.6. The first-order chi connectivity index (χ1) is 17.8. The minimum atomic E-state index is -3.70. The van der Waals surface area contributed by atoms with Gasteiger partial charge in [0.05, 0.1) is 40.0 Å². The van der Waals surface area contributed by atoms with Crippen LogP contribution in [0.2, 0.25) is 0 Å². The molecule has 222 valence electrons. The van der Waals surface area contributed by atoms with Crippen molar-refractivity contribution >= 4 is 13.6 Å². The number of unbranched alkanes of at least 4 members (excludes halogenated alkanes) is 16. The topological polar surface area (TPSA) is 86.5 Å². The Morgan fingerprint density at radius 2 is 1.22 bits per heavy atom. The van der Waals surface area contributed by atoms with Crippen molar-refractivity contribution in [3.63, 3.8) is 0 Å². The monoisotopic (exact) mass is 550 g/mol. The Bertz CT molecular complexity index is 561. The quantitative estimate of drug-likeness (QED) is 0.0673. The van der Waals surface area contributed by atoms with E-state index in [2.05, 4.69) is 6.92 Å². The summed E-state index contributed by atoms with van der Waals surface area (Å²) in [5, 5.41) is 0. The van der Waals surface area contributed by atoms with E-state index in [0.717, 1.165) is 17.7 Å². The molecule has 0 saturated heterocycles. The van der Waals surface area contributed by atoms with Crippen molar-refractivity contribution in [1.29, 1.82) is 0 Å². The summed E-state index contributed by atoms with van der Waals surface area (Å²) in [4.78, 5) is 22.7. The smallest absolute Gasteiger partial charge is 0.333 e. The van der Waals surface area contributed by atoms with Gasteiger partial charge in [0.15, 0.2) is 0 Å². The Morgan fingerprint density at radius 3 is 1.65 bits per heavy atom. The molecule has 0 heterocycles. The Morgan fingerprint density at radius 1 is 0.757 bits per heavy atom. The number of esters is 1. The summed E-state index contributed by atoms with van der Waals surface area (Å²) in [5.41, 5.74) is 0. The van der Waals surface area contributed by atoms with Gasteiger partial charge >= 0.3 is 13.6 Å². The van der Waals surface area contributed by atoms with Gasteiger partial charge in [-0.15, -0.1) is 0 Å². The first-order valence-corrected chi connectivity index (χ1v) is 17.1. The minimum absolute atomic E-state index is 0.0733. The van der Waals surface area contributed by atoms with E-state index in [0.29, 0.717) is 13.2 Å². The van der Waals surface area contributed by atoms with E-state index >= 15 is 0 Å². The van der Waals surface area contributed by atoms with Gasteiger partial charge in [0.25, 0.3) is 0 Å². The van der Waals surface area contributed by atoms with Gasteiger partial charge in [-0.05, 0) is 6.42 Å². The molecule has 2 unspecified atom stereocenters. The summed E-state index contributed by atoms with van der Waals surface area (Å²) in [6, 6.07) is 0. The molecule has 0 saturated carbocycles. The molecule has 7 nitrogen and oxygen atoms in total. The van der Waals surface area contributed by atoms with E-state index in [1.54, 1.807) is 6.92 Å². The Balaban J connectivity index is 3.68. The molecule has 0 fully saturated rings. The predicted molar refractivity (Wildman–Crippen MR) is 153 cm³/mol. The van der Waals surface area contributed by atoms with Crippen molar-refractivity contribution < 1.29 is 33.2 Å². The molecule has 0 spiro atoms. The van der Waals surface area contributed by atoms with Gasteiger partial charge in [-0.25, -0.2) is 0 Å². The largest absolute Gasteiger partial charge is 0.457 e. The summed E-state index contributed by atoms with van der Waals surface area (Å²) < 4.78 is 28.4. The van der Waals surface area contributed by atoms with Crippen molar-refractivity contribution in [2.45, 2.75) is 136 Å². The van der Waals surface area contributed by atoms with E-state index in [9.17, 15) is 14.3 Å². The van der Waals surface area contributed by atoms with Crippen LogP contribution in [0, 0.1) is 0 Å². The van der Waals surface area contributed by atoms with Gasteiger partial charge in [0.2, 0.25) is 0 Å². The van der Waals surface area contributed by atoms with Crippen LogP contribution in [0.4, 0.5) is 0 Å². The van der Waals surface area contributed by atoms with E-state index in [1.165, 1.54) is 96.3 Å². The second-order valence-corrected chi connectivity index (χ2v) is 12.8. The summed E-state index contributed by atoms with van der Waals surface area (Å²) in [5.74, 6) is -0.361. The lowest BCUT2D eigenvalue weighted by molar-refractivity contribution is -0.855. The van der Waals surface area contributed by atoms with Crippen LogP contribution < -0.4 is 4.90 Å². The van der Waals surface area contributed by atoms with E-state index in [1.807, 2.05) is 14.1 Å². The highest BCUT2D eigenvalue weighted by Gasteiger charge is 2.24. The maximum absolute atomic E-state index is 12.2. The fraction of sp³-hybridized carbons (Fsp3) is 0.966. The number of hydrogen-bond donors (Lipinski definition) is 2. The molecule has 0 aromatic rings. The van der Waals surface area contributed by atoms with Crippen LogP contribution >= 0.6 is 7.60 Å². The van der Waals surface area contributed by atoms with Crippen LogP contribution in [-0.4, -0.2) is 63.6 Å². The van der Waals surface area contributed by atoms with E-state index < -0.39 is 13.7 Å². The number of nitrogens with one attached hydrogen (secondary N) is 1. The molecule has 0 aliphatic heterocycles. The van der Waals surface area contributed by atoms with Crippen LogP contribution in [0.25, 0.3) is 0 Å². The third kappa shape index (κ3) is 26.9. The zero-order valence-electron chi connectivity index (χ0n) is 24.8. The van der Waals surface area contributed by atoms with Gasteiger partial charge in [-0.1, -0.05) is 117 Å². The average molecular weight is 551 g/mol. The number of hydrogen-bond acceptors (Lipinski definition) is 5. The maximum Gasteiger partial charge on any atom is 0.333 e. The fourth-order valence-corrected chi connectivity index (χ4v) is 5.42. The normalized spacial score (nSPS) is 14.1. The van der Waals surface area contributed by atoms with E-state index in [-0.39, 0.29) is 31.8 Å². The zero-order valence-corrected chi connectivity index (χ0v) is 25.7. The highest BCUT2D eigenvalue weighted by Crippen LogP contribution is 2.41. The molecular weight excluding hydrogens is 489 g/mol. The first kappa shape index (κ1) is 36.5. The van der Waals surface area contributed by atoms with Crippen molar-refractivity contribution in [3.8, 4) is 0 Å². The van der Waals surface area contributed by atoms with E-state index in [4.69, 9.17) is 14.0 Å². The number of carbonyl (C=O) groups excluding carboxylic acids is 1. The molecule has 0 amide bonds. The Kier molecular flexibility index (Phi) is 25.5. The van der Waals surface area contributed by atoms with Crippen LogP contribution in [0.5, 0.6) is 0 Å². The molecule has 0 bridgehead atoms. The number of ether oxygens (including phenoxy) is 2. The molecule has 0 rings (SSSR count). The molecule has 37 heavy (non-hydrogen) atoms. The summed E-state index contributed by atoms with van der Waals surface area (Å²) in [6.07, 6.45) is 22.4. The van der Waals surface area contributed by atoms with Crippen LogP contribution in [0.1, 0.15) is 129 Å². The lowest BCUT2D eigenvalue weighted by Crippen LogP contribution is -3.06. The standard InChI is InChI=1S/C29H60NO6P/c1-5-7-8-9-10-11-12-13-14-15-16-17-18-19-20-21-22-24-34-26-28(36-29(31)6-2)27-35-37(32,33)25-23-30(3)4/h28H,5-27H2,1-4H3,(H,32,33)/p+1. The summed E-state index contributed by atoms with van der Waals surface area (Å²) in [6.45, 7) is 5.18. The van der Waals surface area contributed by atoms with Gasteiger partial charge in [0, 0.05) is 13.0 Å². The number of quaternary nitrogens is 1. The minimum Gasteiger partial charge on any atom is -0.457 e. The lowest BCUT2D eigenvalue weighted by Gasteiger charge is -2.20. The molecule has 0 radical (unpaired) electrons. The average Bonchev–Trinajstić information content (AvgIpc) is 2.87. The molecule has 0 aromatic heterocycles. The summed E-state index contributed by atoms with van der Waals surface area (Å²) >= 11 is 0. The third-order valence-electron chi connectivity index (χ3n) is 6.64. The predicted octanol–water partition coefficient (Wildman–Crippen LogP) is 6.32. The molecule has 8 heteroatoms. The second kappa shape index (κ2) is 25.8. The Labute approximate surface area is 228 Å². The van der Waals surface area contributed by atoms with Crippen molar-refractivity contribution in [1.82, 2.24) is 0 Å². The van der Waals surface area contributed by atoms with Gasteiger partial charge in [-0.2, -0.15) is 0 Å². The molecule has 0 aromatic carbocycles. The third-order valence-corrected chi connectivity index (χ3v) is 7.98. The Hall–Kier alpha value is -0.460. The molecule has 2 atom stereocenters. The number of rotatable bonds is 28. The van der Waals surface area contributed by atoms with Crippen molar-refractivity contribution in [2.24, 2.45) is 0 Å². The first-order valence-electron chi connectivity index (χ1n) is 15.3. The highest BCUT2D eigenvalue weighted by molar-refractivity contribution is 7.52. The lowest BCUT2D eigenvalue weighted by atomic mass is 10.0. The molecule has 0 aliphatic carbocycles. The van der Waals surface area contributed by atoms with Crippen LogP contribution in [-0.2, 0) is 23.4 Å². The highest BCUT2D eigenvalue weighted by atomic mass is 31.2. The SMILES string of the molecule is CCCCCCCCCCCCCCCCCCCOCC(COP(=O)(O)CC[NH+](C)C)OC(=O)CC. The molecular formula is C29H61NO6P+. The van der Waals surface area contributed by atoms with Gasteiger partial charge in [-0.3, -0.25) is 9.36 Å². The molecule has 0 aliphatic rings. The van der Waals surface area contributed by atoms with Crippen molar-refractivity contribution in [2.75, 3.05) is 46.6 Å². The number of carbonyl (C=O) groups is 1. The van der Waals surface area contributed by atoms with Crippen molar-refractivity contribution in [3.05, 3.63) is 0 Å². The molecule has 2 N–H and O–H groups in total. The van der Waals surface area contributed by atoms with Crippen LogP contribution in [0.3, 0.4) is 0 Å². The van der Waals surface area contributed by atoms with Crippen LogP contribution in [0.15, 0.2) is 0 Å². The maximum atomic E-state index is 12.2. The van der Waals surface area contributed by atoms with Gasteiger partial charge < -0.3 is 23.8 Å². The van der Waals surface area contributed by atoms with Gasteiger partial charge in [0.1, 0.15) is 6.10 Å². The summed E-state index contributed by atoms with van der Waals surface area (Å²) in [7, 11) is 0.132. The second-order valence-electron chi connectivity index (χ2n) is 10.8. The fourth-order valence-electron chi connectivity index (χ4n) is 4.16.